The highest BCUT2D eigenvalue weighted by Gasteiger charge is 2.27. The number of carboxylic acids is 1. The van der Waals surface area contributed by atoms with Crippen LogP contribution in [0.4, 0.5) is 0 Å². The van der Waals surface area contributed by atoms with Gasteiger partial charge in [0, 0.05) is 0 Å². The normalized spacial score (nSPS) is 19.0. The zero-order valence-electron chi connectivity index (χ0n) is 12.6. The topological polar surface area (TPSA) is 37.3 Å². The van der Waals surface area contributed by atoms with Gasteiger partial charge >= 0.3 is 5.97 Å². The van der Waals surface area contributed by atoms with E-state index in [0.29, 0.717) is 5.92 Å². The molecule has 1 saturated carbocycles. The zero-order valence-corrected chi connectivity index (χ0v) is 12.6. The molecule has 0 aromatic carbocycles. The van der Waals surface area contributed by atoms with Crippen molar-refractivity contribution in [3.05, 3.63) is 23.3 Å². The van der Waals surface area contributed by atoms with Crippen LogP contribution in [0, 0.1) is 11.8 Å². The number of rotatable bonds is 6. The highest BCUT2D eigenvalue weighted by atomic mass is 16.4. The Kier molecular flexibility index (Phi) is 6.90. The number of allylic oxidation sites excluding steroid dienone is 3. The number of carboxylic acid groups (broad SMARTS) is 1. The highest BCUT2D eigenvalue weighted by Crippen LogP contribution is 2.32. The molecule has 1 atom stereocenters. The molecule has 0 heterocycles. The Labute approximate surface area is 117 Å². The maximum absolute atomic E-state index is 11.5. The Hall–Kier alpha value is -1.05. The summed E-state index contributed by atoms with van der Waals surface area (Å²) in [4.78, 5) is 11.5. The minimum absolute atomic E-state index is 0.271. The SMILES string of the molecule is CC(C)=CCC/C(C)=C/C(C(=O)O)C1CCCCC1. The molecule has 1 aliphatic carbocycles. The van der Waals surface area contributed by atoms with Gasteiger partial charge in [-0.05, 0) is 52.4 Å². The van der Waals surface area contributed by atoms with Gasteiger partial charge in [-0.15, -0.1) is 0 Å². The molecule has 1 aliphatic rings. The summed E-state index contributed by atoms with van der Waals surface area (Å²) in [5.41, 5.74) is 2.55. The summed E-state index contributed by atoms with van der Waals surface area (Å²) in [7, 11) is 0. The van der Waals surface area contributed by atoms with Gasteiger partial charge in [0.2, 0.25) is 0 Å². The molecule has 0 saturated heterocycles. The van der Waals surface area contributed by atoms with E-state index in [0.717, 1.165) is 25.7 Å². The van der Waals surface area contributed by atoms with Crippen LogP contribution in [0.2, 0.25) is 0 Å². The zero-order chi connectivity index (χ0) is 14.3. The van der Waals surface area contributed by atoms with E-state index in [2.05, 4.69) is 26.8 Å². The average Bonchev–Trinajstić information content (AvgIpc) is 2.36. The van der Waals surface area contributed by atoms with Gasteiger partial charge in [-0.25, -0.2) is 0 Å². The molecule has 0 spiro atoms. The summed E-state index contributed by atoms with van der Waals surface area (Å²) < 4.78 is 0. The Balaban J connectivity index is 2.60. The molecule has 19 heavy (non-hydrogen) atoms. The standard InChI is InChI=1S/C17H28O2/c1-13(2)8-7-9-14(3)12-16(17(18)19)15-10-5-4-6-11-15/h8,12,15-16H,4-7,9-11H2,1-3H3,(H,18,19)/b14-12+. The Morgan fingerprint density at radius 1 is 1.21 bits per heavy atom. The van der Waals surface area contributed by atoms with Gasteiger partial charge in [-0.1, -0.05) is 42.6 Å². The second-order valence-electron chi connectivity index (χ2n) is 6.10. The van der Waals surface area contributed by atoms with Gasteiger partial charge in [-0.3, -0.25) is 4.79 Å². The van der Waals surface area contributed by atoms with Crippen LogP contribution in [0.1, 0.15) is 65.7 Å². The third kappa shape index (κ3) is 6.09. The fraction of sp³-hybridized carbons (Fsp3) is 0.706. The predicted octanol–water partition coefficient (Wildman–Crippen LogP) is 4.96. The molecule has 0 aromatic rings. The molecular formula is C17H28O2. The molecule has 108 valence electrons. The van der Waals surface area contributed by atoms with Crippen molar-refractivity contribution >= 4 is 5.97 Å². The van der Waals surface area contributed by atoms with Gasteiger partial charge in [-0.2, -0.15) is 0 Å². The van der Waals surface area contributed by atoms with Crippen LogP contribution < -0.4 is 0 Å². The largest absolute Gasteiger partial charge is 0.481 e. The van der Waals surface area contributed by atoms with E-state index in [1.807, 2.05) is 6.08 Å². The fourth-order valence-electron chi connectivity index (χ4n) is 2.88. The van der Waals surface area contributed by atoms with E-state index >= 15 is 0 Å². The number of hydrogen-bond donors (Lipinski definition) is 1. The van der Waals surface area contributed by atoms with E-state index in [1.54, 1.807) is 0 Å². The van der Waals surface area contributed by atoms with Crippen molar-refractivity contribution in [2.24, 2.45) is 11.8 Å². The van der Waals surface area contributed by atoms with E-state index < -0.39 is 5.97 Å². The summed E-state index contributed by atoms with van der Waals surface area (Å²) in [6.45, 7) is 6.26. The van der Waals surface area contributed by atoms with Crippen LogP contribution in [0.15, 0.2) is 23.3 Å². The third-order valence-corrected chi connectivity index (χ3v) is 4.00. The summed E-state index contributed by atoms with van der Waals surface area (Å²) in [5, 5.41) is 9.43. The molecule has 0 radical (unpaired) electrons. The minimum atomic E-state index is -0.645. The first-order valence-corrected chi connectivity index (χ1v) is 7.54. The van der Waals surface area contributed by atoms with Gasteiger partial charge in [0.15, 0.2) is 0 Å². The lowest BCUT2D eigenvalue weighted by Crippen LogP contribution is -2.24. The Bertz CT molecular complexity index is 342. The average molecular weight is 264 g/mol. The Morgan fingerprint density at radius 3 is 2.37 bits per heavy atom. The molecular weight excluding hydrogens is 236 g/mol. The first-order valence-electron chi connectivity index (χ1n) is 7.54. The molecule has 2 heteroatoms. The molecule has 2 nitrogen and oxygen atoms in total. The lowest BCUT2D eigenvalue weighted by molar-refractivity contribution is -0.142. The third-order valence-electron chi connectivity index (χ3n) is 4.00. The van der Waals surface area contributed by atoms with E-state index in [-0.39, 0.29) is 5.92 Å². The van der Waals surface area contributed by atoms with Gasteiger partial charge < -0.3 is 5.11 Å². The number of carbonyl (C=O) groups is 1. The van der Waals surface area contributed by atoms with E-state index in [4.69, 9.17) is 0 Å². The van der Waals surface area contributed by atoms with Gasteiger partial charge in [0.25, 0.3) is 0 Å². The molecule has 1 rings (SSSR count). The molecule has 0 amide bonds. The van der Waals surface area contributed by atoms with Crippen molar-refractivity contribution in [3.63, 3.8) is 0 Å². The van der Waals surface area contributed by atoms with Crippen molar-refractivity contribution in [1.29, 1.82) is 0 Å². The summed E-state index contributed by atoms with van der Waals surface area (Å²) in [6, 6.07) is 0. The molecule has 0 aliphatic heterocycles. The van der Waals surface area contributed by atoms with Crippen molar-refractivity contribution in [1.82, 2.24) is 0 Å². The van der Waals surface area contributed by atoms with Crippen molar-refractivity contribution < 1.29 is 9.90 Å². The second-order valence-corrected chi connectivity index (χ2v) is 6.10. The quantitative estimate of drug-likeness (QED) is 0.688. The number of hydrogen-bond acceptors (Lipinski definition) is 1. The van der Waals surface area contributed by atoms with E-state index in [1.165, 1.54) is 30.4 Å². The molecule has 1 N–H and O–H groups in total. The van der Waals surface area contributed by atoms with Crippen LogP contribution in [-0.4, -0.2) is 11.1 Å². The Morgan fingerprint density at radius 2 is 1.84 bits per heavy atom. The van der Waals surface area contributed by atoms with Crippen LogP contribution in [0.5, 0.6) is 0 Å². The summed E-state index contributed by atoms with van der Waals surface area (Å²) >= 11 is 0. The lowest BCUT2D eigenvalue weighted by atomic mass is 9.79. The smallest absolute Gasteiger partial charge is 0.310 e. The fourth-order valence-corrected chi connectivity index (χ4v) is 2.88. The molecule has 0 bridgehead atoms. The van der Waals surface area contributed by atoms with Gasteiger partial charge in [0.05, 0.1) is 5.92 Å². The highest BCUT2D eigenvalue weighted by molar-refractivity contribution is 5.72. The second kappa shape index (κ2) is 8.19. The van der Waals surface area contributed by atoms with Crippen molar-refractivity contribution in [2.45, 2.75) is 65.7 Å². The summed E-state index contributed by atoms with van der Waals surface area (Å²) in [6.07, 6.45) is 12.0. The summed E-state index contributed by atoms with van der Waals surface area (Å²) in [5.74, 6) is -0.565. The number of aliphatic carboxylic acids is 1. The molecule has 1 fully saturated rings. The maximum atomic E-state index is 11.5. The van der Waals surface area contributed by atoms with E-state index in [9.17, 15) is 9.90 Å². The lowest BCUT2D eigenvalue weighted by Gasteiger charge is -2.26. The molecule has 0 aromatic heterocycles. The predicted molar refractivity (Wildman–Crippen MR) is 80.1 cm³/mol. The van der Waals surface area contributed by atoms with Crippen molar-refractivity contribution in [2.75, 3.05) is 0 Å². The van der Waals surface area contributed by atoms with Gasteiger partial charge in [0.1, 0.15) is 0 Å². The van der Waals surface area contributed by atoms with Crippen LogP contribution >= 0.6 is 0 Å². The first kappa shape index (κ1) is 16.0. The van der Waals surface area contributed by atoms with Crippen molar-refractivity contribution in [3.8, 4) is 0 Å². The maximum Gasteiger partial charge on any atom is 0.310 e. The van der Waals surface area contributed by atoms with Crippen LogP contribution in [0.3, 0.4) is 0 Å². The van der Waals surface area contributed by atoms with Crippen LogP contribution in [-0.2, 0) is 4.79 Å². The monoisotopic (exact) mass is 264 g/mol. The first-order chi connectivity index (χ1) is 9.00. The minimum Gasteiger partial charge on any atom is -0.481 e. The van der Waals surface area contributed by atoms with Crippen LogP contribution in [0.25, 0.3) is 0 Å². The molecule has 1 unspecified atom stereocenters.